The zero-order chi connectivity index (χ0) is 13.8. The van der Waals surface area contributed by atoms with Crippen LogP contribution >= 0.6 is 15.9 Å². The van der Waals surface area contributed by atoms with E-state index in [-0.39, 0.29) is 0 Å². The molecule has 0 saturated carbocycles. The van der Waals surface area contributed by atoms with Gasteiger partial charge in [0.05, 0.1) is 0 Å². The molecular weight excluding hydrogens is 306 g/mol. The number of hydrogen-bond donors (Lipinski definition) is 2. The quantitative estimate of drug-likeness (QED) is 0.823. The molecular formula is C14H14BrN3O. The largest absolute Gasteiger partial charge is 0.443 e. The first-order valence-corrected chi connectivity index (χ1v) is 6.45. The summed E-state index contributed by atoms with van der Waals surface area (Å²) in [7, 11) is 0. The van der Waals surface area contributed by atoms with E-state index >= 15 is 0 Å². The average Bonchev–Trinajstić information content (AvgIpc) is 2.65. The van der Waals surface area contributed by atoms with E-state index in [1.54, 1.807) is 6.20 Å². The average molecular weight is 320 g/mol. The molecule has 5 heteroatoms. The van der Waals surface area contributed by atoms with Gasteiger partial charge >= 0.3 is 0 Å². The van der Waals surface area contributed by atoms with E-state index in [9.17, 15) is 0 Å². The van der Waals surface area contributed by atoms with Gasteiger partial charge in [0.2, 0.25) is 5.88 Å². The molecule has 3 N–H and O–H groups in total. The molecule has 0 aliphatic carbocycles. The van der Waals surface area contributed by atoms with Crippen LogP contribution in [0.25, 0.3) is 6.08 Å². The third kappa shape index (κ3) is 3.06. The highest BCUT2D eigenvalue weighted by Gasteiger charge is 2.13. The number of aryl methyl sites for hydroxylation is 1. The molecule has 0 aliphatic rings. The third-order valence-electron chi connectivity index (χ3n) is 2.62. The monoisotopic (exact) mass is 319 g/mol. The van der Waals surface area contributed by atoms with Crippen molar-refractivity contribution in [1.29, 1.82) is 0 Å². The Kier molecular flexibility index (Phi) is 4.06. The summed E-state index contributed by atoms with van der Waals surface area (Å²) in [6.07, 6.45) is 3.41. The van der Waals surface area contributed by atoms with Crippen LogP contribution in [0.4, 0.5) is 17.3 Å². The van der Waals surface area contributed by atoms with E-state index < -0.39 is 0 Å². The minimum atomic E-state index is 0.351. The van der Waals surface area contributed by atoms with Crippen LogP contribution in [0.2, 0.25) is 0 Å². The fraction of sp³-hybridized carbons (Fsp3) is 0.0714. The molecule has 0 amide bonds. The predicted octanol–water partition coefficient (Wildman–Crippen LogP) is 4.35. The second-order valence-corrected chi connectivity index (χ2v) is 4.86. The Hall–Kier alpha value is -2.01. The van der Waals surface area contributed by atoms with Crippen LogP contribution in [-0.2, 0) is 0 Å². The number of hydrogen-bond acceptors (Lipinski definition) is 4. The van der Waals surface area contributed by atoms with Crippen LogP contribution in [0.5, 0.6) is 0 Å². The molecule has 0 spiro atoms. The van der Waals surface area contributed by atoms with Gasteiger partial charge in [0.1, 0.15) is 11.4 Å². The Bertz CT molecular complexity index is 614. The first kappa shape index (κ1) is 13.4. The molecule has 0 saturated heterocycles. The molecule has 4 nitrogen and oxygen atoms in total. The second-order valence-electron chi connectivity index (χ2n) is 3.94. The van der Waals surface area contributed by atoms with Crippen molar-refractivity contribution in [3.63, 3.8) is 0 Å². The topological polar surface area (TPSA) is 63.5 Å². The van der Waals surface area contributed by atoms with E-state index in [0.29, 0.717) is 5.88 Å². The maximum atomic E-state index is 5.87. The first-order valence-electron chi connectivity index (χ1n) is 5.65. The number of anilines is 3. The summed E-state index contributed by atoms with van der Waals surface area (Å²) in [6, 6.07) is 7.80. The van der Waals surface area contributed by atoms with Crippen LogP contribution in [0.1, 0.15) is 11.3 Å². The predicted molar refractivity (Wildman–Crippen MR) is 83.9 cm³/mol. The van der Waals surface area contributed by atoms with Gasteiger partial charge in [-0.05, 0) is 44.0 Å². The van der Waals surface area contributed by atoms with Crippen LogP contribution in [0.3, 0.4) is 0 Å². The maximum absolute atomic E-state index is 5.87. The van der Waals surface area contributed by atoms with Crippen molar-refractivity contribution in [2.75, 3.05) is 11.1 Å². The SMILES string of the molecule is C=NC=Cc1c(C)oc(N)c1Nc1ccc(Br)cc1. The molecule has 1 aromatic carbocycles. The van der Waals surface area contributed by atoms with Crippen LogP contribution in [0.15, 0.2) is 44.3 Å². The van der Waals surface area contributed by atoms with Crippen molar-refractivity contribution < 1.29 is 4.42 Å². The molecule has 98 valence electrons. The van der Waals surface area contributed by atoms with Crippen molar-refractivity contribution in [3.05, 3.63) is 46.3 Å². The number of benzene rings is 1. The fourth-order valence-corrected chi connectivity index (χ4v) is 1.98. The third-order valence-corrected chi connectivity index (χ3v) is 3.15. The maximum Gasteiger partial charge on any atom is 0.214 e. The Balaban J connectivity index is 2.36. The lowest BCUT2D eigenvalue weighted by Crippen LogP contribution is -1.94. The smallest absolute Gasteiger partial charge is 0.214 e. The molecule has 2 aromatic rings. The number of furan rings is 1. The molecule has 0 radical (unpaired) electrons. The summed E-state index contributed by atoms with van der Waals surface area (Å²) in [5.74, 6) is 1.08. The van der Waals surface area contributed by atoms with Gasteiger partial charge in [-0.1, -0.05) is 15.9 Å². The number of nitrogen functional groups attached to an aromatic ring is 1. The minimum absolute atomic E-state index is 0.351. The van der Waals surface area contributed by atoms with Gasteiger partial charge in [0, 0.05) is 21.9 Å². The zero-order valence-corrected chi connectivity index (χ0v) is 12.1. The van der Waals surface area contributed by atoms with Gasteiger partial charge in [0.25, 0.3) is 0 Å². The fourth-order valence-electron chi connectivity index (χ4n) is 1.71. The summed E-state index contributed by atoms with van der Waals surface area (Å²) >= 11 is 3.40. The minimum Gasteiger partial charge on any atom is -0.443 e. The Labute approximate surface area is 120 Å². The van der Waals surface area contributed by atoms with E-state index in [1.165, 1.54) is 0 Å². The number of nitrogens with zero attached hydrogens (tertiary/aromatic N) is 1. The van der Waals surface area contributed by atoms with E-state index in [2.05, 4.69) is 33.0 Å². The number of nitrogens with one attached hydrogen (secondary N) is 1. The van der Waals surface area contributed by atoms with Crippen LogP contribution in [0, 0.1) is 6.92 Å². The van der Waals surface area contributed by atoms with Gasteiger partial charge in [0.15, 0.2) is 0 Å². The van der Waals surface area contributed by atoms with Gasteiger partial charge in [-0.2, -0.15) is 0 Å². The van der Waals surface area contributed by atoms with Crippen LogP contribution in [-0.4, -0.2) is 6.72 Å². The molecule has 0 aliphatic heterocycles. The Morgan fingerprint density at radius 1 is 1.37 bits per heavy atom. The number of aliphatic imine (C=N–C) groups is 1. The highest BCUT2D eigenvalue weighted by molar-refractivity contribution is 9.10. The van der Waals surface area contributed by atoms with Crippen molar-refractivity contribution in [2.45, 2.75) is 6.92 Å². The summed E-state index contributed by atoms with van der Waals surface area (Å²) in [6.45, 7) is 5.26. The van der Waals surface area contributed by atoms with Crippen molar-refractivity contribution in [3.8, 4) is 0 Å². The molecule has 2 rings (SSSR count). The van der Waals surface area contributed by atoms with Gasteiger partial charge < -0.3 is 15.5 Å². The van der Waals surface area contributed by atoms with Crippen molar-refractivity contribution >= 4 is 46.0 Å². The summed E-state index contributed by atoms with van der Waals surface area (Å²) in [5.41, 5.74) is 8.41. The standard InChI is InChI=1S/C14H14BrN3O/c1-9-12(7-8-17-2)13(14(16)19-9)18-11-5-3-10(15)4-6-11/h3-8,18H,2,16H2,1H3. The lowest BCUT2D eigenvalue weighted by atomic mass is 10.2. The van der Waals surface area contributed by atoms with E-state index in [1.807, 2.05) is 37.3 Å². The van der Waals surface area contributed by atoms with E-state index in [4.69, 9.17) is 10.2 Å². The zero-order valence-electron chi connectivity index (χ0n) is 10.5. The molecule has 1 aromatic heterocycles. The lowest BCUT2D eigenvalue weighted by Gasteiger charge is -2.06. The van der Waals surface area contributed by atoms with Crippen LogP contribution < -0.4 is 11.1 Å². The molecule has 19 heavy (non-hydrogen) atoms. The summed E-state index contributed by atoms with van der Waals surface area (Å²) in [5, 5.41) is 3.24. The van der Waals surface area contributed by atoms with Gasteiger partial charge in [-0.25, -0.2) is 0 Å². The normalized spacial score (nSPS) is 10.8. The van der Waals surface area contributed by atoms with Crippen molar-refractivity contribution in [1.82, 2.24) is 0 Å². The number of nitrogens with two attached hydrogens (primary N) is 1. The molecule has 0 fully saturated rings. The molecule has 1 heterocycles. The molecule has 0 unspecified atom stereocenters. The van der Waals surface area contributed by atoms with Gasteiger partial charge in [-0.15, -0.1) is 0 Å². The van der Waals surface area contributed by atoms with Gasteiger partial charge in [-0.3, -0.25) is 4.99 Å². The highest BCUT2D eigenvalue weighted by atomic mass is 79.9. The number of rotatable bonds is 4. The second kappa shape index (κ2) is 5.75. The summed E-state index contributed by atoms with van der Waals surface area (Å²) < 4.78 is 6.45. The first-order chi connectivity index (χ1) is 9.11. The Morgan fingerprint density at radius 2 is 2.05 bits per heavy atom. The Morgan fingerprint density at radius 3 is 2.68 bits per heavy atom. The lowest BCUT2D eigenvalue weighted by molar-refractivity contribution is 0.553. The van der Waals surface area contributed by atoms with E-state index in [0.717, 1.165) is 27.2 Å². The highest BCUT2D eigenvalue weighted by Crippen LogP contribution is 2.33. The van der Waals surface area contributed by atoms with Crippen molar-refractivity contribution in [2.24, 2.45) is 4.99 Å². The summed E-state index contributed by atoms with van der Waals surface area (Å²) in [4.78, 5) is 3.69. The number of halogens is 1. The molecule has 0 atom stereocenters. The molecule has 0 bridgehead atoms.